The quantitative estimate of drug-likeness (QED) is 0.523. The Morgan fingerprint density at radius 3 is 3.00 bits per heavy atom. The first kappa shape index (κ1) is 6.28. The summed E-state index contributed by atoms with van der Waals surface area (Å²) >= 11 is 0. The van der Waals surface area contributed by atoms with Crippen molar-refractivity contribution in [2.24, 2.45) is 0 Å². The Bertz CT molecular complexity index is 328. The maximum Gasteiger partial charge on any atom is 0.455 e. The van der Waals surface area contributed by atoms with Crippen molar-refractivity contribution in [3.63, 3.8) is 0 Å². The number of carbonyl (C=O) groups excluding carboxylic acids is 1. The van der Waals surface area contributed by atoms with E-state index in [-0.39, 0.29) is 5.91 Å². The van der Waals surface area contributed by atoms with Gasteiger partial charge in [-0.25, -0.2) is 4.79 Å². The lowest BCUT2D eigenvalue weighted by molar-refractivity contribution is -0.118. The van der Waals surface area contributed by atoms with Crippen LogP contribution in [0.1, 0.15) is 11.1 Å². The van der Waals surface area contributed by atoms with Gasteiger partial charge in [0, 0.05) is 5.56 Å². The molecular weight excluding hydrogens is 138 g/mol. The van der Waals surface area contributed by atoms with Crippen molar-refractivity contribution in [1.82, 2.24) is 4.99 Å². The van der Waals surface area contributed by atoms with E-state index in [1.807, 2.05) is 24.3 Å². The fraction of sp³-hybridized carbons (Fsp3) is 0.111. The SMILES string of the molecule is O=C1Cc2ccccc2C=[N+]1. The average molecular weight is 145 g/mol. The molecule has 0 spiro atoms. The van der Waals surface area contributed by atoms with Gasteiger partial charge in [-0.2, -0.15) is 0 Å². The van der Waals surface area contributed by atoms with E-state index in [0.717, 1.165) is 11.1 Å². The van der Waals surface area contributed by atoms with E-state index in [4.69, 9.17) is 0 Å². The summed E-state index contributed by atoms with van der Waals surface area (Å²) in [6, 6.07) is 7.80. The number of hydrogen-bond acceptors (Lipinski definition) is 1. The van der Waals surface area contributed by atoms with Gasteiger partial charge in [0.15, 0.2) is 0 Å². The Kier molecular flexibility index (Phi) is 1.32. The molecule has 0 N–H and O–H groups in total. The van der Waals surface area contributed by atoms with Gasteiger partial charge in [0.05, 0.1) is 0 Å². The molecule has 1 aromatic rings. The van der Waals surface area contributed by atoms with Crippen molar-refractivity contribution < 1.29 is 4.79 Å². The molecule has 2 heteroatoms. The van der Waals surface area contributed by atoms with Gasteiger partial charge >= 0.3 is 5.91 Å². The smallest absolute Gasteiger partial charge is 0.212 e. The summed E-state index contributed by atoms with van der Waals surface area (Å²) in [4.78, 5) is 14.5. The number of amides is 1. The second-order valence-electron chi connectivity index (χ2n) is 2.53. The van der Waals surface area contributed by atoms with Crippen LogP contribution in [-0.4, -0.2) is 12.1 Å². The maximum atomic E-state index is 10.8. The number of nitrogens with zero attached hydrogens (tertiary/aromatic N) is 1. The van der Waals surface area contributed by atoms with E-state index in [1.165, 1.54) is 0 Å². The number of hydrogen-bond donors (Lipinski definition) is 0. The minimum Gasteiger partial charge on any atom is -0.212 e. The fourth-order valence-corrected chi connectivity index (χ4v) is 1.17. The monoisotopic (exact) mass is 145 g/mol. The highest BCUT2D eigenvalue weighted by molar-refractivity contribution is 5.96. The largest absolute Gasteiger partial charge is 0.455 e. The molecule has 0 bridgehead atoms. The average Bonchev–Trinajstić information content (AvgIpc) is 2.04. The van der Waals surface area contributed by atoms with Crippen molar-refractivity contribution in [1.29, 1.82) is 0 Å². The third kappa shape index (κ3) is 1.07. The first-order valence-corrected chi connectivity index (χ1v) is 3.51. The Balaban J connectivity index is 2.54. The topological polar surface area (TPSA) is 31.2 Å². The van der Waals surface area contributed by atoms with Crippen LogP contribution in [0.3, 0.4) is 0 Å². The fourth-order valence-electron chi connectivity index (χ4n) is 1.17. The second kappa shape index (κ2) is 2.31. The predicted octanol–water partition coefficient (Wildman–Crippen LogP) is 0.524. The van der Waals surface area contributed by atoms with E-state index in [1.54, 1.807) is 6.21 Å². The summed E-state index contributed by atoms with van der Waals surface area (Å²) in [7, 11) is 0. The minimum atomic E-state index is -0.0521. The van der Waals surface area contributed by atoms with Crippen LogP contribution in [0.15, 0.2) is 24.3 Å². The summed E-state index contributed by atoms with van der Waals surface area (Å²) < 4.78 is 0. The predicted molar refractivity (Wildman–Crippen MR) is 42.5 cm³/mol. The summed E-state index contributed by atoms with van der Waals surface area (Å²) in [6.45, 7) is 0. The van der Waals surface area contributed by atoms with Crippen LogP contribution < -0.4 is 4.99 Å². The van der Waals surface area contributed by atoms with E-state index in [9.17, 15) is 4.79 Å². The molecule has 2 nitrogen and oxygen atoms in total. The molecule has 1 heterocycles. The molecule has 1 aliphatic rings. The van der Waals surface area contributed by atoms with Gasteiger partial charge in [0.1, 0.15) is 11.4 Å². The molecule has 0 saturated heterocycles. The Morgan fingerprint density at radius 1 is 1.27 bits per heavy atom. The second-order valence-corrected chi connectivity index (χ2v) is 2.53. The van der Waals surface area contributed by atoms with Gasteiger partial charge in [0.2, 0.25) is 0 Å². The van der Waals surface area contributed by atoms with Crippen molar-refractivity contribution in [3.8, 4) is 0 Å². The van der Waals surface area contributed by atoms with E-state index >= 15 is 0 Å². The zero-order chi connectivity index (χ0) is 7.68. The van der Waals surface area contributed by atoms with E-state index in [2.05, 4.69) is 4.99 Å². The number of benzene rings is 1. The molecule has 1 radical (unpaired) electrons. The molecule has 0 aliphatic carbocycles. The molecule has 1 aromatic carbocycles. The molecule has 53 valence electrons. The Hall–Kier alpha value is -1.44. The zero-order valence-corrected chi connectivity index (χ0v) is 5.95. The van der Waals surface area contributed by atoms with Crippen LogP contribution in [0.5, 0.6) is 0 Å². The molecule has 0 fully saturated rings. The molecule has 0 saturated carbocycles. The van der Waals surface area contributed by atoms with Gasteiger partial charge in [-0.15, -0.1) is 0 Å². The normalized spacial score (nSPS) is 14.7. The lowest BCUT2D eigenvalue weighted by Gasteiger charge is -1.98. The Labute approximate surface area is 64.6 Å². The van der Waals surface area contributed by atoms with Crippen LogP contribution in [0.2, 0.25) is 0 Å². The zero-order valence-electron chi connectivity index (χ0n) is 5.95. The molecule has 2 rings (SSSR count). The number of fused-ring (bicyclic) bond motifs is 1. The molecule has 0 aromatic heterocycles. The molecule has 1 aliphatic heterocycles. The highest BCUT2D eigenvalue weighted by Gasteiger charge is 2.20. The number of rotatable bonds is 0. The summed E-state index contributed by atoms with van der Waals surface area (Å²) in [6.07, 6.45) is 2.08. The van der Waals surface area contributed by atoms with Gasteiger partial charge in [0.25, 0.3) is 6.21 Å². The molecule has 11 heavy (non-hydrogen) atoms. The molecule has 0 atom stereocenters. The van der Waals surface area contributed by atoms with Crippen molar-refractivity contribution in [2.75, 3.05) is 0 Å². The molecule has 0 unspecified atom stereocenters. The van der Waals surface area contributed by atoms with Crippen LogP contribution in [0, 0.1) is 0 Å². The molecule has 1 amide bonds. The van der Waals surface area contributed by atoms with Crippen molar-refractivity contribution in [3.05, 3.63) is 35.4 Å². The standard InChI is InChI=1S/C9H7NO/c11-9-5-7-3-1-2-4-8(7)6-10-9/h1-4,6H,5H2/q+1. The lowest BCUT2D eigenvalue weighted by atomic mass is 10.0. The van der Waals surface area contributed by atoms with Crippen LogP contribution >= 0.6 is 0 Å². The summed E-state index contributed by atoms with van der Waals surface area (Å²) in [5.74, 6) is -0.0521. The lowest BCUT2D eigenvalue weighted by Crippen LogP contribution is -2.17. The first-order chi connectivity index (χ1) is 5.36. The van der Waals surface area contributed by atoms with Crippen molar-refractivity contribution in [2.45, 2.75) is 6.42 Å². The summed E-state index contributed by atoms with van der Waals surface area (Å²) in [5.41, 5.74) is 2.14. The van der Waals surface area contributed by atoms with Crippen molar-refractivity contribution >= 4 is 12.1 Å². The molecular formula is C9H7NO+. The van der Waals surface area contributed by atoms with Gasteiger partial charge in [-0.3, -0.25) is 0 Å². The third-order valence-electron chi connectivity index (χ3n) is 1.74. The highest BCUT2D eigenvalue weighted by Crippen LogP contribution is 2.08. The van der Waals surface area contributed by atoms with Crippen LogP contribution in [0.25, 0.3) is 0 Å². The Morgan fingerprint density at radius 2 is 2.09 bits per heavy atom. The van der Waals surface area contributed by atoms with E-state index < -0.39 is 0 Å². The summed E-state index contributed by atoms with van der Waals surface area (Å²) in [5, 5.41) is 0. The van der Waals surface area contributed by atoms with Crippen LogP contribution in [0.4, 0.5) is 0 Å². The minimum absolute atomic E-state index is 0.0521. The highest BCUT2D eigenvalue weighted by atomic mass is 16.1. The van der Waals surface area contributed by atoms with Gasteiger partial charge in [-0.1, -0.05) is 18.2 Å². The third-order valence-corrected chi connectivity index (χ3v) is 1.74. The maximum absolute atomic E-state index is 10.8. The van der Waals surface area contributed by atoms with Gasteiger partial charge < -0.3 is 0 Å². The van der Waals surface area contributed by atoms with Gasteiger partial charge in [-0.05, 0) is 11.6 Å². The number of aliphatic imine (C=N–C) groups is 1. The number of carbonyl (C=O) groups is 1. The van der Waals surface area contributed by atoms with E-state index in [0.29, 0.717) is 6.42 Å². The van der Waals surface area contributed by atoms with Crippen LogP contribution in [-0.2, 0) is 11.2 Å². The first-order valence-electron chi connectivity index (χ1n) is 3.51.